The van der Waals surface area contributed by atoms with Crippen molar-refractivity contribution in [2.75, 3.05) is 7.11 Å². The molecule has 1 unspecified atom stereocenters. The molecule has 1 amide bonds. The first-order valence-electron chi connectivity index (χ1n) is 11.3. The van der Waals surface area contributed by atoms with Crippen LogP contribution in [0.1, 0.15) is 5.56 Å². The molecule has 35 heavy (non-hydrogen) atoms. The molecule has 4 aromatic rings. The zero-order valence-corrected chi connectivity index (χ0v) is 20.3. The number of hydrogen-bond acceptors (Lipinski definition) is 4. The second-order valence-corrected chi connectivity index (χ2v) is 11.4. The minimum atomic E-state index is -2.77. The normalized spacial score (nSPS) is 11.8. The fourth-order valence-electron chi connectivity index (χ4n) is 4.19. The topological polar surface area (TPSA) is 64.6 Å². The molecule has 0 aliphatic carbocycles. The molecule has 0 bridgehead atoms. The van der Waals surface area contributed by atoms with E-state index in [9.17, 15) is 9.59 Å². The highest BCUT2D eigenvalue weighted by atomic mass is 31.2. The molecule has 6 heteroatoms. The van der Waals surface area contributed by atoms with E-state index in [0.29, 0.717) is 0 Å². The van der Waals surface area contributed by atoms with E-state index in [4.69, 9.17) is 9.47 Å². The van der Waals surface area contributed by atoms with Gasteiger partial charge in [0, 0.05) is 0 Å². The average Bonchev–Trinajstić information content (AvgIpc) is 2.93. The monoisotopic (exact) mass is 484 g/mol. The van der Waals surface area contributed by atoms with E-state index in [2.05, 4.69) is 5.32 Å². The Labute approximate surface area is 206 Å². The number of carbonyl (C=O) groups excluding carboxylic acids is 2. The zero-order chi connectivity index (χ0) is 24.5. The molecule has 0 saturated heterocycles. The minimum Gasteiger partial charge on any atom is -0.465 e. The summed E-state index contributed by atoms with van der Waals surface area (Å²) in [7, 11) is -1.44. The lowest BCUT2D eigenvalue weighted by molar-refractivity contribution is -0.140. The van der Waals surface area contributed by atoms with Gasteiger partial charge in [-0.2, -0.15) is 0 Å². The molecular weight excluding hydrogens is 457 g/mol. The second kappa shape index (κ2) is 11.5. The van der Waals surface area contributed by atoms with Gasteiger partial charge in [0.2, 0.25) is 0 Å². The lowest BCUT2D eigenvalue weighted by atomic mass is 10.2. The Morgan fingerprint density at radius 2 is 1.09 bits per heavy atom. The van der Waals surface area contributed by atoms with Gasteiger partial charge in [0.25, 0.3) is 5.78 Å². The lowest BCUT2D eigenvalue weighted by Gasteiger charge is -2.33. The zero-order valence-electron chi connectivity index (χ0n) is 19.4. The van der Waals surface area contributed by atoms with E-state index in [0.717, 1.165) is 21.5 Å². The predicted molar refractivity (Wildman–Crippen MR) is 141 cm³/mol. The molecule has 1 atom stereocenters. The molecule has 0 aliphatic rings. The van der Waals surface area contributed by atoms with E-state index in [1.54, 1.807) is 0 Å². The molecule has 0 spiro atoms. The maximum Gasteiger partial charge on any atom is 0.410 e. The van der Waals surface area contributed by atoms with Crippen LogP contribution in [0.2, 0.25) is 0 Å². The number of amides is 1. The average molecular weight is 485 g/mol. The third-order valence-electron chi connectivity index (χ3n) is 5.77. The fourth-order valence-corrected chi connectivity index (χ4v) is 8.62. The van der Waals surface area contributed by atoms with Crippen molar-refractivity contribution in [3.05, 3.63) is 127 Å². The first-order chi connectivity index (χ1) is 17.2. The Kier molecular flexibility index (Phi) is 7.92. The highest BCUT2D eigenvalue weighted by Gasteiger charge is 2.57. The number of nitrogens with one attached hydrogen (secondary N) is 1. The van der Waals surface area contributed by atoms with Crippen molar-refractivity contribution in [1.82, 2.24) is 5.32 Å². The molecule has 1 N–H and O–H groups in total. The summed E-state index contributed by atoms with van der Waals surface area (Å²) in [6.45, 7) is 0.0913. The first kappa shape index (κ1) is 24.2. The summed E-state index contributed by atoms with van der Waals surface area (Å²) in [6, 6.07) is 38.9. The summed E-state index contributed by atoms with van der Waals surface area (Å²) in [5, 5.41) is 5.71. The second-order valence-electron chi connectivity index (χ2n) is 7.86. The maximum atomic E-state index is 13.4. The Balaban J connectivity index is 1.84. The number of alkyl carbamates (subject to hydrolysis) is 1. The number of methoxy groups -OCH3 is 1. The number of rotatable bonds is 8. The van der Waals surface area contributed by atoms with E-state index in [1.807, 2.05) is 121 Å². The number of benzene rings is 4. The first-order valence-corrected chi connectivity index (χ1v) is 13.1. The van der Waals surface area contributed by atoms with Crippen LogP contribution in [0, 0.1) is 0 Å². The lowest BCUT2D eigenvalue weighted by Crippen LogP contribution is -2.52. The Morgan fingerprint density at radius 3 is 1.49 bits per heavy atom. The Bertz CT molecular complexity index is 1140. The van der Waals surface area contributed by atoms with Crippen molar-refractivity contribution in [3.63, 3.8) is 0 Å². The van der Waals surface area contributed by atoms with Gasteiger partial charge in [0.1, 0.15) is 29.8 Å². The van der Waals surface area contributed by atoms with Crippen LogP contribution in [0.5, 0.6) is 0 Å². The number of ether oxygens (including phenoxy) is 2. The molecule has 0 saturated carbocycles. The molecule has 0 aromatic heterocycles. The highest BCUT2D eigenvalue weighted by molar-refractivity contribution is 7.96. The van der Waals surface area contributed by atoms with Gasteiger partial charge in [-0.25, -0.2) is 9.59 Å². The third-order valence-corrected chi connectivity index (χ3v) is 10.2. The van der Waals surface area contributed by atoms with Crippen molar-refractivity contribution in [1.29, 1.82) is 0 Å². The molecule has 0 fully saturated rings. The number of esters is 1. The molecule has 0 radical (unpaired) electrons. The van der Waals surface area contributed by atoms with Crippen molar-refractivity contribution in [2.24, 2.45) is 0 Å². The van der Waals surface area contributed by atoms with E-state index >= 15 is 0 Å². The van der Waals surface area contributed by atoms with Gasteiger partial charge < -0.3 is 9.47 Å². The van der Waals surface area contributed by atoms with Crippen LogP contribution in [0.15, 0.2) is 121 Å². The molecular formula is C29H27NO4P+. The van der Waals surface area contributed by atoms with Gasteiger partial charge in [-0.3, -0.25) is 5.32 Å². The SMILES string of the molecule is COC(=O)C(NC(=O)OCc1ccccc1)[P+](c1ccccc1)(c1ccccc1)c1ccccc1. The Hall–Kier alpha value is -3.95. The van der Waals surface area contributed by atoms with Crippen LogP contribution in [0.25, 0.3) is 0 Å². The molecule has 176 valence electrons. The van der Waals surface area contributed by atoms with Crippen molar-refractivity contribution in [2.45, 2.75) is 12.4 Å². The van der Waals surface area contributed by atoms with Gasteiger partial charge in [-0.05, 0) is 42.0 Å². The maximum absolute atomic E-state index is 13.4. The van der Waals surface area contributed by atoms with Crippen LogP contribution >= 0.6 is 7.26 Å². The van der Waals surface area contributed by atoms with E-state index in [1.165, 1.54) is 7.11 Å². The van der Waals surface area contributed by atoms with Gasteiger partial charge >= 0.3 is 12.1 Å². The standard InChI is InChI=1S/C29H26NO4P/c1-33-28(31)27(30-29(32)34-22-23-14-6-2-7-15-23)35(24-16-8-3-9-17-24,25-18-10-4-11-19-25)26-20-12-5-13-21-26/h2-21,27H,22H2,1H3/p+1. The molecule has 0 aliphatic heterocycles. The smallest absolute Gasteiger partial charge is 0.410 e. The van der Waals surface area contributed by atoms with Crippen LogP contribution in [0.3, 0.4) is 0 Å². The van der Waals surface area contributed by atoms with E-state index < -0.39 is 25.1 Å². The summed E-state index contributed by atoms with van der Waals surface area (Å²) in [5.74, 6) is -1.53. The largest absolute Gasteiger partial charge is 0.465 e. The minimum absolute atomic E-state index is 0.0913. The summed E-state index contributed by atoms with van der Waals surface area (Å²) in [4.78, 5) is 26.5. The Morgan fingerprint density at radius 1 is 0.686 bits per heavy atom. The molecule has 4 aromatic carbocycles. The van der Waals surface area contributed by atoms with Crippen molar-refractivity contribution >= 4 is 35.2 Å². The molecule has 0 heterocycles. The molecule has 5 nitrogen and oxygen atoms in total. The van der Waals surface area contributed by atoms with Crippen LogP contribution in [-0.2, 0) is 20.9 Å². The molecule has 4 rings (SSSR count). The summed E-state index contributed by atoms with van der Waals surface area (Å²) >= 11 is 0. The summed E-state index contributed by atoms with van der Waals surface area (Å²) < 4.78 is 10.8. The van der Waals surface area contributed by atoms with Crippen LogP contribution < -0.4 is 21.2 Å². The van der Waals surface area contributed by atoms with Gasteiger partial charge in [0.15, 0.2) is 0 Å². The third kappa shape index (κ3) is 5.26. The van der Waals surface area contributed by atoms with Crippen LogP contribution in [0.4, 0.5) is 4.79 Å². The van der Waals surface area contributed by atoms with Crippen molar-refractivity contribution < 1.29 is 19.1 Å². The van der Waals surface area contributed by atoms with Gasteiger partial charge in [0.05, 0.1) is 7.11 Å². The number of carbonyl (C=O) groups is 2. The predicted octanol–water partition coefficient (Wildman–Crippen LogP) is 4.41. The van der Waals surface area contributed by atoms with Gasteiger partial charge in [-0.15, -0.1) is 0 Å². The van der Waals surface area contributed by atoms with Crippen molar-refractivity contribution in [3.8, 4) is 0 Å². The fraction of sp³-hybridized carbons (Fsp3) is 0.103. The van der Waals surface area contributed by atoms with Gasteiger partial charge in [-0.1, -0.05) is 84.9 Å². The van der Waals surface area contributed by atoms with E-state index in [-0.39, 0.29) is 6.61 Å². The number of hydrogen-bond donors (Lipinski definition) is 1. The highest BCUT2D eigenvalue weighted by Crippen LogP contribution is 2.59. The van der Waals surface area contributed by atoms with Crippen LogP contribution in [-0.4, -0.2) is 25.0 Å². The summed E-state index contributed by atoms with van der Waals surface area (Å²) in [6.07, 6.45) is -0.684. The quantitative estimate of drug-likeness (QED) is 0.297. The summed E-state index contributed by atoms with van der Waals surface area (Å²) in [5.41, 5.74) is 0.854.